The molecule has 1 saturated heterocycles. The third kappa shape index (κ3) is 3.39. The summed E-state index contributed by atoms with van der Waals surface area (Å²) in [7, 11) is 0. The molecule has 1 N–H and O–H groups in total. The predicted molar refractivity (Wildman–Crippen MR) is 79.7 cm³/mol. The second-order valence-electron chi connectivity index (χ2n) is 5.58. The van der Waals surface area contributed by atoms with E-state index < -0.39 is 4.92 Å². The van der Waals surface area contributed by atoms with Crippen LogP contribution in [0.15, 0.2) is 18.2 Å². The SMILES string of the molecule is CC(=O)c1cc([N+](=O)[O-])ccc1N1CCC(C(C)O)CC1. The van der Waals surface area contributed by atoms with Gasteiger partial charge in [-0.25, -0.2) is 0 Å². The van der Waals surface area contributed by atoms with Gasteiger partial charge in [0.25, 0.3) is 5.69 Å². The van der Waals surface area contributed by atoms with Crippen molar-refractivity contribution in [2.24, 2.45) is 5.92 Å². The average molecular weight is 292 g/mol. The summed E-state index contributed by atoms with van der Waals surface area (Å²) in [5.74, 6) is 0.103. The average Bonchev–Trinajstić information content (AvgIpc) is 2.46. The highest BCUT2D eigenvalue weighted by molar-refractivity contribution is 6.00. The van der Waals surface area contributed by atoms with Gasteiger partial charge in [-0.15, -0.1) is 0 Å². The lowest BCUT2D eigenvalue weighted by molar-refractivity contribution is -0.384. The topological polar surface area (TPSA) is 83.7 Å². The van der Waals surface area contributed by atoms with Crippen LogP contribution in [0.5, 0.6) is 0 Å². The predicted octanol–water partition coefficient (Wildman–Crippen LogP) is 2.39. The first kappa shape index (κ1) is 15.4. The monoisotopic (exact) mass is 292 g/mol. The molecule has 1 unspecified atom stereocenters. The number of Topliss-reactive ketones (excluding diaryl/α,β-unsaturated/α-hetero) is 1. The highest BCUT2D eigenvalue weighted by Crippen LogP contribution is 2.30. The van der Waals surface area contributed by atoms with E-state index in [-0.39, 0.29) is 23.5 Å². The maximum atomic E-state index is 11.8. The number of hydrogen-bond donors (Lipinski definition) is 1. The van der Waals surface area contributed by atoms with Gasteiger partial charge in [0.05, 0.1) is 11.0 Å². The molecular formula is C15H20N2O4. The van der Waals surface area contributed by atoms with Crippen molar-refractivity contribution in [3.63, 3.8) is 0 Å². The Morgan fingerprint density at radius 3 is 2.52 bits per heavy atom. The largest absolute Gasteiger partial charge is 0.393 e. The van der Waals surface area contributed by atoms with Gasteiger partial charge in [0.15, 0.2) is 5.78 Å². The zero-order valence-electron chi connectivity index (χ0n) is 12.3. The van der Waals surface area contributed by atoms with Crippen LogP contribution in [0.3, 0.4) is 0 Å². The van der Waals surface area contributed by atoms with Crippen molar-refractivity contribution in [2.45, 2.75) is 32.8 Å². The molecule has 1 aliphatic heterocycles. The van der Waals surface area contributed by atoms with Crippen LogP contribution in [0.25, 0.3) is 0 Å². The summed E-state index contributed by atoms with van der Waals surface area (Å²) >= 11 is 0. The molecule has 114 valence electrons. The van der Waals surface area contributed by atoms with Crippen LogP contribution in [0, 0.1) is 16.0 Å². The molecule has 0 aromatic heterocycles. The van der Waals surface area contributed by atoms with E-state index in [2.05, 4.69) is 4.90 Å². The Morgan fingerprint density at radius 2 is 2.05 bits per heavy atom. The number of ketones is 1. The van der Waals surface area contributed by atoms with Crippen LogP contribution in [0.4, 0.5) is 11.4 Å². The van der Waals surface area contributed by atoms with Crippen LogP contribution < -0.4 is 4.90 Å². The highest BCUT2D eigenvalue weighted by atomic mass is 16.6. The molecule has 2 rings (SSSR count). The van der Waals surface area contributed by atoms with E-state index in [1.165, 1.54) is 19.1 Å². The molecule has 1 heterocycles. The number of aliphatic hydroxyl groups excluding tert-OH is 1. The summed E-state index contributed by atoms with van der Waals surface area (Å²) in [6.07, 6.45) is 1.38. The second-order valence-corrected chi connectivity index (χ2v) is 5.58. The summed E-state index contributed by atoms with van der Waals surface area (Å²) in [6, 6.07) is 4.43. The summed E-state index contributed by atoms with van der Waals surface area (Å²) in [5, 5.41) is 20.5. The molecule has 6 nitrogen and oxygen atoms in total. The molecule has 1 aliphatic rings. The lowest BCUT2D eigenvalue weighted by Gasteiger charge is -2.35. The van der Waals surface area contributed by atoms with E-state index in [0.717, 1.165) is 31.6 Å². The number of non-ortho nitro benzene ring substituents is 1. The fraction of sp³-hybridized carbons (Fsp3) is 0.533. The molecule has 6 heteroatoms. The Bertz CT molecular complexity index is 549. The molecule has 1 aromatic carbocycles. The van der Waals surface area contributed by atoms with Crippen molar-refractivity contribution < 1.29 is 14.8 Å². The number of benzene rings is 1. The maximum Gasteiger partial charge on any atom is 0.270 e. The second kappa shape index (κ2) is 6.22. The normalized spacial score (nSPS) is 17.6. The Hall–Kier alpha value is -1.95. The van der Waals surface area contributed by atoms with Gasteiger partial charge < -0.3 is 10.0 Å². The van der Waals surface area contributed by atoms with Gasteiger partial charge >= 0.3 is 0 Å². The van der Waals surface area contributed by atoms with Gasteiger partial charge in [-0.1, -0.05) is 0 Å². The molecule has 0 spiro atoms. The fourth-order valence-electron chi connectivity index (χ4n) is 2.82. The van der Waals surface area contributed by atoms with Crippen LogP contribution in [0.1, 0.15) is 37.0 Å². The molecule has 1 aromatic rings. The standard InChI is InChI=1S/C15H20N2O4/c1-10(18)12-5-7-16(8-6-12)15-4-3-13(17(20)21)9-14(15)11(2)19/h3-4,9-10,12,18H,5-8H2,1-2H3. The number of rotatable bonds is 4. The van der Waals surface area contributed by atoms with Gasteiger partial charge in [-0.3, -0.25) is 14.9 Å². The number of nitro benzene ring substituents is 1. The van der Waals surface area contributed by atoms with Crippen molar-refractivity contribution in [3.05, 3.63) is 33.9 Å². The summed E-state index contributed by atoms with van der Waals surface area (Å²) < 4.78 is 0. The lowest BCUT2D eigenvalue weighted by Crippen LogP contribution is -2.37. The Morgan fingerprint density at radius 1 is 1.43 bits per heavy atom. The van der Waals surface area contributed by atoms with Crippen molar-refractivity contribution >= 4 is 17.2 Å². The summed E-state index contributed by atoms with van der Waals surface area (Å²) in [4.78, 5) is 24.2. The van der Waals surface area contributed by atoms with E-state index in [9.17, 15) is 20.0 Å². The van der Waals surface area contributed by atoms with Crippen molar-refractivity contribution in [1.82, 2.24) is 0 Å². The van der Waals surface area contributed by atoms with Gasteiger partial charge in [0.1, 0.15) is 0 Å². The van der Waals surface area contributed by atoms with E-state index in [1.807, 2.05) is 0 Å². The quantitative estimate of drug-likeness (QED) is 0.523. The van der Waals surface area contributed by atoms with Crippen LogP contribution >= 0.6 is 0 Å². The Kier molecular flexibility index (Phi) is 4.57. The van der Waals surface area contributed by atoms with E-state index in [0.29, 0.717) is 5.56 Å². The van der Waals surface area contributed by atoms with Gasteiger partial charge in [0, 0.05) is 36.5 Å². The van der Waals surface area contributed by atoms with Crippen molar-refractivity contribution in [2.75, 3.05) is 18.0 Å². The molecule has 21 heavy (non-hydrogen) atoms. The van der Waals surface area contributed by atoms with Gasteiger partial charge in [-0.2, -0.15) is 0 Å². The van der Waals surface area contributed by atoms with Gasteiger partial charge in [-0.05, 0) is 38.7 Å². The lowest BCUT2D eigenvalue weighted by atomic mass is 9.91. The third-order valence-corrected chi connectivity index (χ3v) is 4.13. The molecule has 0 saturated carbocycles. The number of hydrogen-bond acceptors (Lipinski definition) is 5. The summed E-state index contributed by atoms with van der Waals surface area (Å²) in [5.41, 5.74) is 1.07. The smallest absolute Gasteiger partial charge is 0.270 e. The van der Waals surface area contributed by atoms with Crippen molar-refractivity contribution in [3.8, 4) is 0 Å². The molecular weight excluding hydrogens is 272 g/mol. The number of nitro groups is 1. The number of carbonyl (C=O) groups is 1. The molecule has 0 amide bonds. The molecule has 0 bridgehead atoms. The van der Waals surface area contributed by atoms with E-state index in [4.69, 9.17) is 0 Å². The number of piperidine rings is 1. The molecule has 1 fully saturated rings. The first-order valence-corrected chi connectivity index (χ1v) is 7.12. The van der Waals surface area contributed by atoms with Crippen molar-refractivity contribution in [1.29, 1.82) is 0 Å². The fourth-order valence-corrected chi connectivity index (χ4v) is 2.82. The number of carbonyl (C=O) groups excluding carboxylic acids is 1. The number of anilines is 1. The molecule has 0 radical (unpaired) electrons. The van der Waals surface area contributed by atoms with Crippen LogP contribution in [-0.2, 0) is 0 Å². The third-order valence-electron chi connectivity index (χ3n) is 4.13. The number of aliphatic hydroxyl groups is 1. The Labute approximate surface area is 123 Å². The minimum Gasteiger partial charge on any atom is -0.393 e. The molecule has 1 atom stereocenters. The van der Waals surface area contributed by atoms with E-state index in [1.54, 1.807) is 13.0 Å². The number of nitrogens with zero attached hydrogens (tertiary/aromatic N) is 2. The Balaban J connectivity index is 2.24. The minimum atomic E-state index is -0.490. The zero-order valence-corrected chi connectivity index (χ0v) is 12.3. The molecule has 0 aliphatic carbocycles. The highest BCUT2D eigenvalue weighted by Gasteiger charge is 2.25. The van der Waals surface area contributed by atoms with Crippen LogP contribution in [-0.4, -0.2) is 35.0 Å². The van der Waals surface area contributed by atoms with Gasteiger partial charge in [0.2, 0.25) is 0 Å². The van der Waals surface area contributed by atoms with Crippen LogP contribution in [0.2, 0.25) is 0 Å². The summed E-state index contributed by atoms with van der Waals surface area (Å²) in [6.45, 7) is 4.71. The maximum absolute atomic E-state index is 11.8. The van der Waals surface area contributed by atoms with E-state index >= 15 is 0 Å². The first-order valence-electron chi connectivity index (χ1n) is 7.12. The first-order chi connectivity index (χ1) is 9.90. The zero-order chi connectivity index (χ0) is 15.6. The minimum absolute atomic E-state index is 0.0668.